The van der Waals surface area contributed by atoms with E-state index in [9.17, 15) is 13.2 Å². The van der Waals surface area contributed by atoms with Gasteiger partial charge in [0.15, 0.2) is 0 Å². The largest absolute Gasteiger partial charge is 0.379 e. The maximum atomic E-state index is 13.0. The molecule has 154 valence electrons. The summed E-state index contributed by atoms with van der Waals surface area (Å²) in [5, 5.41) is 0. The van der Waals surface area contributed by atoms with Gasteiger partial charge in [0.2, 0.25) is 10.0 Å². The minimum absolute atomic E-state index is 0.139. The first kappa shape index (κ1) is 21.9. The third-order valence-electron chi connectivity index (χ3n) is 4.73. The van der Waals surface area contributed by atoms with E-state index in [1.807, 2.05) is 4.90 Å². The predicted octanol–water partition coefficient (Wildman–Crippen LogP) is 2.57. The lowest BCUT2D eigenvalue weighted by atomic mass is 10.1. The standard InChI is InChI=1S/C19H33N3O4S/c1-15(2)5-7-21(8-6-16(3)4)19(23)18-13-17(14-20-18)27(24,25)22-9-11-26-12-10-22/h13-16,20H,5-12H2,1-4H3. The zero-order valence-corrected chi connectivity index (χ0v) is 17.7. The van der Waals surface area contributed by atoms with Gasteiger partial charge in [0.05, 0.1) is 13.2 Å². The number of aromatic amines is 1. The van der Waals surface area contributed by atoms with Crippen molar-refractivity contribution in [2.24, 2.45) is 11.8 Å². The molecule has 7 nitrogen and oxygen atoms in total. The number of carbonyl (C=O) groups excluding carboxylic acids is 1. The fourth-order valence-corrected chi connectivity index (χ4v) is 4.30. The van der Waals surface area contributed by atoms with Crippen LogP contribution >= 0.6 is 0 Å². The summed E-state index contributed by atoms with van der Waals surface area (Å²) < 4.78 is 32.1. The van der Waals surface area contributed by atoms with E-state index in [2.05, 4.69) is 32.7 Å². The topological polar surface area (TPSA) is 82.7 Å². The number of aromatic nitrogens is 1. The second kappa shape index (κ2) is 9.71. The summed E-state index contributed by atoms with van der Waals surface area (Å²) in [6.07, 6.45) is 3.26. The van der Waals surface area contributed by atoms with Gasteiger partial charge >= 0.3 is 0 Å². The van der Waals surface area contributed by atoms with Gasteiger partial charge in [-0.3, -0.25) is 4.79 Å². The maximum absolute atomic E-state index is 13.0. The lowest BCUT2D eigenvalue weighted by Gasteiger charge is -2.25. The van der Waals surface area contributed by atoms with Crippen molar-refractivity contribution in [2.45, 2.75) is 45.4 Å². The van der Waals surface area contributed by atoms with Crippen molar-refractivity contribution in [2.75, 3.05) is 39.4 Å². The number of sulfonamides is 1. The van der Waals surface area contributed by atoms with Crippen LogP contribution in [0, 0.1) is 11.8 Å². The molecule has 1 N–H and O–H groups in total. The van der Waals surface area contributed by atoms with Crippen molar-refractivity contribution in [1.29, 1.82) is 0 Å². The summed E-state index contributed by atoms with van der Waals surface area (Å²) in [6.45, 7) is 11.3. The summed E-state index contributed by atoms with van der Waals surface area (Å²) in [5.74, 6) is 0.861. The first-order valence-electron chi connectivity index (χ1n) is 9.77. The fraction of sp³-hybridized carbons (Fsp3) is 0.737. The van der Waals surface area contributed by atoms with Crippen LogP contribution in [-0.2, 0) is 14.8 Å². The number of hydrogen-bond donors (Lipinski definition) is 1. The number of H-pyrrole nitrogens is 1. The molecule has 1 fully saturated rings. The number of ether oxygens (including phenoxy) is 1. The van der Waals surface area contributed by atoms with E-state index < -0.39 is 10.0 Å². The number of hydrogen-bond acceptors (Lipinski definition) is 4. The van der Waals surface area contributed by atoms with E-state index in [0.717, 1.165) is 12.8 Å². The van der Waals surface area contributed by atoms with Gasteiger partial charge in [-0.2, -0.15) is 4.31 Å². The summed E-state index contributed by atoms with van der Waals surface area (Å²) in [6, 6.07) is 1.46. The minimum atomic E-state index is -3.60. The minimum Gasteiger partial charge on any atom is -0.379 e. The molecule has 0 saturated carbocycles. The van der Waals surface area contributed by atoms with Gasteiger partial charge in [-0.15, -0.1) is 0 Å². The molecule has 1 aromatic rings. The van der Waals surface area contributed by atoms with Crippen molar-refractivity contribution in [3.63, 3.8) is 0 Å². The van der Waals surface area contributed by atoms with E-state index >= 15 is 0 Å². The van der Waals surface area contributed by atoms with Gasteiger partial charge in [-0.1, -0.05) is 27.7 Å². The normalized spacial score (nSPS) is 16.2. The molecule has 2 rings (SSSR count). The highest BCUT2D eigenvalue weighted by Gasteiger charge is 2.28. The van der Waals surface area contributed by atoms with Crippen LogP contribution in [0.3, 0.4) is 0 Å². The highest BCUT2D eigenvalue weighted by atomic mass is 32.2. The first-order chi connectivity index (χ1) is 12.7. The summed E-state index contributed by atoms with van der Waals surface area (Å²) >= 11 is 0. The van der Waals surface area contributed by atoms with E-state index in [4.69, 9.17) is 4.74 Å². The Kier molecular flexibility index (Phi) is 7.88. The number of rotatable bonds is 9. The predicted molar refractivity (Wildman–Crippen MR) is 105 cm³/mol. The van der Waals surface area contributed by atoms with Gasteiger partial charge in [0.1, 0.15) is 10.6 Å². The molecule has 1 aliphatic rings. The molecule has 1 aliphatic heterocycles. The van der Waals surface area contributed by atoms with Crippen LogP contribution in [-0.4, -0.2) is 67.9 Å². The Bertz CT molecular complexity index is 694. The zero-order chi connectivity index (χ0) is 20.0. The molecule has 0 unspecified atom stereocenters. The molecule has 0 aromatic carbocycles. The second-order valence-electron chi connectivity index (χ2n) is 7.92. The van der Waals surface area contributed by atoms with Crippen molar-refractivity contribution in [3.05, 3.63) is 18.0 Å². The number of carbonyl (C=O) groups is 1. The van der Waals surface area contributed by atoms with Crippen molar-refractivity contribution >= 4 is 15.9 Å². The third-order valence-corrected chi connectivity index (χ3v) is 6.61. The highest BCUT2D eigenvalue weighted by molar-refractivity contribution is 7.89. The Hall–Kier alpha value is -1.38. The average molecular weight is 400 g/mol. The Morgan fingerprint density at radius 3 is 2.22 bits per heavy atom. The zero-order valence-electron chi connectivity index (χ0n) is 16.9. The van der Waals surface area contributed by atoms with E-state index in [0.29, 0.717) is 56.9 Å². The van der Waals surface area contributed by atoms with E-state index in [1.165, 1.54) is 16.6 Å². The van der Waals surface area contributed by atoms with Gasteiger partial charge in [0, 0.05) is 32.4 Å². The lowest BCUT2D eigenvalue weighted by Crippen LogP contribution is -2.40. The molecule has 2 heterocycles. The van der Waals surface area contributed by atoms with Crippen molar-refractivity contribution in [3.8, 4) is 0 Å². The van der Waals surface area contributed by atoms with E-state index in [-0.39, 0.29) is 10.8 Å². The Labute approximate surface area is 163 Å². The third kappa shape index (κ3) is 6.05. The molecule has 8 heteroatoms. The first-order valence-corrected chi connectivity index (χ1v) is 11.2. The Morgan fingerprint density at radius 1 is 1.15 bits per heavy atom. The van der Waals surface area contributed by atoms with Crippen molar-refractivity contribution in [1.82, 2.24) is 14.2 Å². The van der Waals surface area contributed by atoms with Crippen LogP contribution in [0.4, 0.5) is 0 Å². The SMILES string of the molecule is CC(C)CCN(CCC(C)C)C(=O)c1cc(S(=O)(=O)N2CCOCC2)c[nH]1. The van der Waals surface area contributed by atoms with Crippen LogP contribution < -0.4 is 0 Å². The van der Waals surface area contributed by atoms with Crippen LogP contribution in [0.15, 0.2) is 17.2 Å². The van der Waals surface area contributed by atoms with Crippen LogP contribution in [0.25, 0.3) is 0 Å². The molecule has 0 spiro atoms. The summed E-state index contributed by atoms with van der Waals surface area (Å²) in [4.78, 5) is 17.8. The molecule has 27 heavy (non-hydrogen) atoms. The molecule has 0 atom stereocenters. The lowest BCUT2D eigenvalue weighted by molar-refractivity contribution is 0.0729. The number of nitrogens with zero attached hydrogens (tertiary/aromatic N) is 2. The second-order valence-corrected chi connectivity index (χ2v) is 9.86. The van der Waals surface area contributed by atoms with Gasteiger partial charge in [0.25, 0.3) is 5.91 Å². The number of morpholine rings is 1. The number of nitrogens with one attached hydrogen (secondary N) is 1. The molecule has 0 aliphatic carbocycles. The van der Waals surface area contributed by atoms with Crippen molar-refractivity contribution < 1.29 is 17.9 Å². The average Bonchev–Trinajstić information content (AvgIpc) is 3.12. The molecule has 1 amide bonds. The quantitative estimate of drug-likeness (QED) is 0.692. The van der Waals surface area contributed by atoms with Gasteiger partial charge in [-0.05, 0) is 30.7 Å². The van der Waals surface area contributed by atoms with E-state index in [1.54, 1.807) is 0 Å². The molecule has 0 bridgehead atoms. The molecule has 1 saturated heterocycles. The Morgan fingerprint density at radius 2 is 1.70 bits per heavy atom. The monoisotopic (exact) mass is 399 g/mol. The van der Waals surface area contributed by atoms with Crippen LogP contribution in [0.2, 0.25) is 0 Å². The maximum Gasteiger partial charge on any atom is 0.270 e. The molecular weight excluding hydrogens is 366 g/mol. The number of amides is 1. The summed E-state index contributed by atoms with van der Waals surface area (Å²) in [7, 11) is -3.60. The van der Waals surface area contributed by atoms with Crippen LogP contribution in [0.1, 0.15) is 51.0 Å². The smallest absolute Gasteiger partial charge is 0.270 e. The molecular formula is C19H33N3O4S. The Balaban J connectivity index is 2.14. The summed E-state index contributed by atoms with van der Waals surface area (Å²) in [5.41, 5.74) is 0.328. The molecule has 1 aromatic heterocycles. The highest BCUT2D eigenvalue weighted by Crippen LogP contribution is 2.19. The van der Waals surface area contributed by atoms with Gasteiger partial charge < -0.3 is 14.6 Å². The van der Waals surface area contributed by atoms with Gasteiger partial charge in [-0.25, -0.2) is 8.42 Å². The molecule has 0 radical (unpaired) electrons. The fourth-order valence-electron chi connectivity index (χ4n) is 2.90. The van der Waals surface area contributed by atoms with Crippen LogP contribution in [0.5, 0.6) is 0 Å².